The summed E-state index contributed by atoms with van der Waals surface area (Å²) in [7, 11) is -5.54. The largest absolute Gasteiger partial charge is 1.00 e. The molecule has 1 aromatic rings. The van der Waals surface area contributed by atoms with Crippen LogP contribution in [-0.2, 0) is 16.3 Å². The second-order valence-corrected chi connectivity index (χ2v) is 4.60. The number of alkyl halides is 5. The van der Waals surface area contributed by atoms with E-state index in [9.17, 15) is 34.9 Å². The van der Waals surface area contributed by atoms with E-state index >= 15 is 0 Å². The molecule has 0 N–H and O–H groups in total. The monoisotopic (exact) mass is 328 g/mol. The van der Waals surface area contributed by atoms with Crippen LogP contribution in [0.1, 0.15) is 5.56 Å². The maximum atomic E-state index is 12.6. The number of rotatable bonds is 4. The van der Waals surface area contributed by atoms with Crippen molar-refractivity contribution in [1.82, 2.24) is 0 Å². The van der Waals surface area contributed by atoms with Gasteiger partial charge in [-0.3, -0.25) is 0 Å². The van der Waals surface area contributed by atoms with E-state index < -0.39 is 45.5 Å². The van der Waals surface area contributed by atoms with Crippen molar-refractivity contribution in [2.75, 3.05) is 6.61 Å². The zero-order chi connectivity index (χ0) is 14.8. The maximum Gasteiger partial charge on any atom is 1.00 e. The molecule has 0 unspecified atom stereocenters. The Bertz CT molecular complexity index is 558. The minimum Gasteiger partial charge on any atom is -0.744 e. The van der Waals surface area contributed by atoms with Gasteiger partial charge in [0.15, 0.2) is 0 Å². The predicted octanol–water partition coefficient (Wildman–Crippen LogP) is -0.743. The average molecular weight is 328 g/mol. The van der Waals surface area contributed by atoms with E-state index in [1.165, 1.54) is 0 Å². The Balaban J connectivity index is 0.00000361. The Morgan fingerprint density at radius 1 is 1.25 bits per heavy atom. The first kappa shape index (κ1) is 19.6. The minimum atomic E-state index is -5.54. The summed E-state index contributed by atoms with van der Waals surface area (Å²) in [4.78, 5) is -1.69. The predicted molar refractivity (Wildman–Crippen MR) is 50.9 cm³/mol. The van der Waals surface area contributed by atoms with Crippen LogP contribution in [0.3, 0.4) is 0 Å². The molecule has 1 rings (SSSR count). The molecule has 0 aromatic heterocycles. The molecule has 0 aliphatic carbocycles. The van der Waals surface area contributed by atoms with Gasteiger partial charge in [-0.1, -0.05) is 6.07 Å². The van der Waals surface area contributed by atoms with Gasteiger partial charge in [0.1, 0.15) is 27.4 Å². The molecule has 0 heterocycles. The summed E-state index contributed by atoms with van der Waals surface area (Å²) in [6.45, 7) is -1.33. The number of hydrogen-bond acceptors (Lipinski definition) is 4. The third-order valence-electron chi connectivity index (χ3n) is 1.90. The molecule has 0 aliphatic rings. The van der Waals surface area contributed by atoms with E-state index in [0.717, 1.165) is 6.07 Å². The Morgan fingerprint density at radius 2 is 1.80 bits per heavy atom. The van der Waals surface area contributed by atoms with Crippen LogP contribution >= 0.6 is 0 Å². The van der Waals surface area contributed by atoms with Gasteiger partial charge in [0.2, 0.25) is 0 Å². The first-order valence-electron chi connectivity index (χ1n) is 4.60. The van der Waals surface area contributed by atoms with Crippen molar-refractivity contribution < 1.29 is 69.2 Å². The van der Waals surface area contributed by atoms with E-state index in [1.807, 2.05) is 0 Å². The SMILES string of the molecule is O=S(=O)([O-])c1c(OCC(F)F)cccc1C(F)(F)F.[Na+]. The van der Waals surface area contributed by atoms with Gasteiger partial charge in [-0.2, -0.15) is 13.2 Å². The fraction of sp³-hybridized carbons (Fsp3) is 0.333. The number of benzene rings is 1. The molecule has 4 nitrogen and oxygen atoms in total. The van der Waals surface area contributed by atoms with Crippen molar-refractivity contribution in [3.63, 3.8) is 0 Å². The zero-order valence-electron chi connectivity index (χ0n) is 9.95. The summed E-state index contributed by atoms with van der Waals surface area (Å²) in [6, 6.07) is 1.79. The van der Waals surface area contributed by atoms with E-state index in [4.69, 9.17) is 0 Å². The number of halogens is 5. The Hall–Kier alpha value is -0.420. The third-order valence-corrected chi connectivity index (χ3v) is 2.82. The van der Waals surface area contributed by atoms with Gasteiger partial charge in [0, 0.05) is 0 Å². The van der Waals surface area contributed by atoms with E-state index in [1.54, 1.807) is 0 Å². The van der Waals surface area contributed by atoms with E-state index in [0.29, 0.717) is 12.1 Å². The van der Waals surface area contributed by atoms with Crippen LogP contribution in [0.2, 0.25) is 0 Å². The molecule has 1 aromatic carbocycles. The molecule has 0 atom stereocenters. The summed E-state index contributed by atoms with van der Waals surface area (Å²) >= 11 is 0. The van der Waals surface area contributed by atoms with Gasteiger partial charge >= 0.3 is 35.7 Å². The second kappa shape index (κ2) is 7.03. The van der Waals surface area contributed by atoms with Crippen molar-refractivity contribution >= 4 is 10.1 Å². The van der Waals surface area contributed by atoms with Gasteiger partial charge < -0.3 is 9.29 Å². The summed E-state index contributed by atoms with van der Waals surface area (Å²) < 4.78 is 98.2. The van der Waals surface area contributed by atoms with Gasteiger partial charge in [-0.25, -0.2) is 17.2 Å². The van der Waals surface area contributed by atoms with Crippen molar-refractivity contribution in [2.45, 2.75) is 17.5 Å². The minimum absolute atomic E-state index is 0. The van der Waals surface area contributed by atoms with Crippen LogP contribution in [0.4, 0.5) is 22.0 Å². The summed E-state index contributed by atoms with van der Waals surface area (Å²) in [6.07, 6.45) is -8.16. The van der Waals surface area contributed by atoms with Crippen molar-refractivity contribution in [3.05, 3.63) is 23.8 Å². The third kappa shape index (κ3) is 5.17. The number of hydrogen-bond donors (Lipinski definition) is 0. The Kier molecular flexibility index (Phi) is 6.88. The Labute approximate surface area is 133 Å². The molecule has 108 valence electrons. The summed E-state index contributed by atoms with van der Waals surface area (Å²) in [5.41, 5.74) is -1.76. The van der Waals surface area contributed by atoms with Crippen molar-refractivity contribution in [1.29, 1.82) is 0 Å². The summed E-state index contributed by atoms with van der Waals surface area (Å²) in [5.74, 6) is -1.05. The van der Waals surface area contributed by atoms with Crippen LogP contribution in [0.25, 0.3) is 0 Å². The van der Waals surface area contributed by atoms with Gasteiger partial charge in [0.05, 0.1) is 5.56 Å². The fourth-order valence-electron chi connectivity index (χ4n) is 1.26. The number of ether oxygens (including phenoxy) is 1. The molecular weight excluding hydrogens is 322 g/mol. The van der Waals surface area contributed by atoms with Gasteiger partial charge in [0.25, 0.3) is 6.43 Å². The molecule has 0 aliphatic heterocycles. The molecule has 20 heavy (non-hydrogen) atoms. The molecule has 0 saturated heterocycles. The van der Waals surface area contributed by atoms with Crippen molar-refractivity contribution in [2.24, 2.45) is 0 Å². The van der Waals surface area contributed by atoms with Crippen molar-refractivity contribution in [3.8, 4) is 5.75 Å². The molecule has 0 spiro atoms. The van der Waals surface area contributed by atoms with Crippen LogP contribution in [0.15, 0.2) is 23.1 Å². The van der Waals surface area contributed by atoms with Gasteiger partial charge in [-0.15, -0.1) is 0 Å². The average Bonchev–Trinajstić information content (AvgIpc) is 2.23. The Morgan fingerprint density at radius 3 is 2.20 bits per heavy atom. The smallest absolute Gasteiger partial charge is 0.744 e. The molecule has 0 saturated carbocycles. The summed E-state index contributed by atoms with van der Waals surface area (Å²) in [5, 5.41) is 0. The van der Waals surface area contributed by atoms with Crippen LogP contribution in [0.5, 0.6) is 5.75 Å². The van der Waals surface area contributed by atoms with Crippen LogP contribution in [-0.4, -0.2) is 26.0 Å². The fourth-order valence-corrected chi connectivity index (χ4v) is 2.09. The first-order valence-corrected chi connectivity index (χ1v) is 6.01. The quantitative estimate of drug-likeness (QED) is 0.415. The van der Waals surface area contributed by atoms with E-state index in [-0.39, 0.29) is 29.6 Å². The van der Waals surface area contributed by atoms with Crippen LogP contribution < -0.4 is 34.3 Å². The topological polar surface area (TPSA) is 66.4 Å². The standard InChI is InChI=1S/C9H7F5O4S.Na/c10-7(11)4-18-6-3-1-2-5(9(12,13)14)8(6)19(15,16)17;/h1-3,7H,4H2,(H,15,16,17);/q;+1/p-1. The second-order valence-electron chi connectivity index (χ2n) is 3.29. The molecule has 0 amide bonds. The molecule has 0 radical (unpaired) electrons. The molecule has 0 bridgehead atoms. The van der Waals surface area contributed by atoms with E-state index in [2.05, 4.69) is 4.74 Å². The molecular formula is C9H6F5NaO4S. The molecule has 0 fully saturated rings. The first-order chi connectivity index (χ1) is 8.53. The zero-order valence-corrected chi connectivity index (χ0v) is 12.8. The normalized spacial score (nSPS) is 12.2. The molecule has 11 heteroatoms. The maximum absolute atomic E-state index is 12.6. The van der Waals surface area contributed by atoms with Gasteiger partial charge in [-0.05, 0) is 12.1 Å². The van der Waals surface area contributed by atoms with Crippen LogP contribution in [0, 0.1) is 0 Å².